The van der Waals surface area contributed by atoms with E-state index in [1.54, 1.807) is 30.0 Å². The fourth-order valence-electron chi connectivity index (χ4n) is 2.31. The van der Waals surface area contributed by atoms with Crippen LogP contribution in [0.25, 0.3) is 0 Å². The zero-order valence-electron chi connectivity index (χ0n) is 14.0. The lowest BCUT2D eigenvalue weighted by molar-refractivity contribution is 0.288. The molecule has 3 rings (SSSR count). The van der Waals surface area contributed by atoms with Crippen LogP contribution in [-0.2, 0) is 18.9 Å². The molecule has 1 heterocycles. The van der Waals surface area contributed by atoms with Gasteiger partial charge in [-0.1, -0.05) is 52.6 Å². The summed E-state index contributed by atoms with van der Waals surface area (Å²) in [6.07, 6.45) is 0. The van der Waals surface area contributed by atoms with Gasteiger partial charge in [-0.2, -0.15) is 0 Å². The fourth-order valence-corrected chi connectivity index (χ4v) is 3.72. The summed E-state index contributed by atoms with van der Waals surface area (Å²) in [5, 5.41) is 11.2. The molecule has 0 radical (unpaired) electrons. The second-order valence-corrected chi connectivity index (χ2v) is 7.62. The molecule has 0 spiro atoms. The maximum absolute atomic E-state index is 6.07. The summed E-state index contributed by atoms with van der Waals surface area (Å²) in [6.45, 7) is 3.16. The second-order valence-electron chi connectivity index (χ2n) is 5.42. The van der Waals surface area contributed by atoms with Crippen molar-refractivity contribution >= 4 is 46.6 Å². The van der Waals surface area contributed by atoms with Crippen LogP contribution in [-0.4, -0.2) is 14.8 Å². The van der Waals surface area contributed by atoms with Gasteiger partial charge in [0.25, 0.3) is 0 Å². The highest BCUT2D eigenvalue weighted by atomic mass is 35.5. The zero-order valence-corrected chi connectivity index (χ0v) is 17.0. The van der Waals surface area contributed by atoms with Crippen molar-refractivity contribution in [2.24, 2.45) is 0 Å². The largest absolute Gasteiger partial charge is 0.486 e. The molecule has 3 aromatic rings. The van der Waals surface area contributed by atoms with Crippen molar-refractivity contribution in [2.75, 3.05) is 0 Å². The van der Waals surface area contributed by atoms with Gasteiger partial charge >= 0.3 is 0 Å². The topological polar surface area (TPSA) is 39.9 Å². The number of rotatable bonds is 7. The molecular weight excluding hydrogens is 413 g/mol. The minimum atomic E-state index is 0.343. The van der Waals surface area contributed by atoms with E-state index < -0.39 is 0 Å². The number of nitrogens with zero attached hydrogens (tertiary/aromatic N) is 3. The van der Waals surface area contributed by atoms with E-state index in [1.165, 1.54) is 0 Å². The van der Waals surface area contributed by atoms with Gasteiger partial charge in [-0.15, -0.1) is 10.2 Å². The van der Waals surface area contributed by atoms with Crippen molar-refractivity contribution < 1.29 is 4.74 Å². The normalized spacial score (nSPS) is 10.9. The standard InChI is InChI=1S/C18H16Cl3N3OS/c1-2-24-17(10-25-14-6-4-13(19)5-7-14)22-23-18(24)26-11-12-3-8-15(20)16(21)9-12/h3-9H,2,10-11H2,1H3. The zero-order chi connectivity index (χ0) is 18.5. The van der Waals surface area contributed by atoms with Crippen molar-refractivity contribution in [1.29, 1.82) is 0 Å². The van der Waals surface area contributed by atoms with Gasteiger partial charge in [0.05, 0.1) is 10.0 Å². The molecule has 2 aromatic carbocycles. The van der Waals surface area contributed by atoms with Gasteiger partial charge in [0.15, 0.2) is 11.0 Å². The third-order valence-electron chi connectivity index (χ3n) is 3.64. The molecule has 0 atom stereocenters. The molecule has 8 heteroatoms. The first-order valence-corrected chi connectivity index (χ1v) is 10.1. The molecule has 0 fully saturated rings. The van der Waals surface area contributed by atoms with E-state index in [0.29, 0.717) is 21.7 Å². The van der Waals surface area contributed by atoms with Crippen molar-refractivity contribution in [2.45, 2.75) is 31.0 Å². The number of benzene rings is 2. The van der Waals surface area contributed by atoms with Crippen LogP contribution in [0.2, 0.25) is 15.1 Å². The smallest absolute Gasteiger partial charge is 0.191 e. The molecule has 136 valence electrons. The molecule has 1 aromatic heterocycles. The molecule has 4 nitrogen and oxygen atoms in total. The van der Waals surface area contributed by atoms with Gasteiger partial charge in [0.1, 0.15) is 12.4 Å². The highest BCUT2D eigenvalue weighted by Crippen LogP contribution is 2.27. The lowest BCUT2D eigenvalue weighted by Gasteiger charge is -2.09. The number of hydrogen-bond acceptors (Lipinski definition) is 4. The molecule has 0 amide bonds. The van der Waals surface area contributed by atoms with Gasteiger partial charge in [-0.25, -0.2) is 0 Å². The number of thioether (sulfide) groups is 1. The van der Waals surface area contributed by atoms with Gasteiger partial charge in [-0.05, 0) is 48.9 Å². The third kappa shape index (κ3) is 4.86. The van der Waals surface area contributed by atoms with Gasteiger partial charge in [0.2, 0.25) is 0 Å². The van der Waals surface area contributed by atoms with Crippen LogP contribution < -0.4 is 4.74 Å². The monoisotopic (exact) mass is 427 g/mol. The predicted molar refractivity (Wildman–Crippen MR) is 108 cm³/mol. The summed E-state index contributed by atoms with van der Waals surface area (Å²) in [5.41, 5.74) is 1.08. The molecule has 0 bridgehead atoms. The van der Waals surface area contributed by atoms with Crippen LogP contribution in [0.5, 0.6) is 5.75 Å². The predicted octanol–water partition coefficient (Wildman–Crippen LogP) is 6.13. The second kappa shape index (κ2) is 9.00. The first-order valence-electron chi connectivity index (χ1n) is 7.94. The number of ether oxygens (including phenoxy) is 1. The molecular formula is C18H16Cl3N3OS. The summed E-state index contributed by atoms with van der Waals surface area (Å²) in [5.74, 6) is 2.25. The molecule has 0 unspecified atom stereocenters. The summed E-state index contributed by atoms with van der Waals surface area (Å²) >= 11 is 19.5. The van der Waals surface area contributed by atoms with Crippen molar-refractivity contribution in [1.82, 2.24) is 14.8 Å². The van der Waals surface area contributed by atoms with E-state index in [1.807, 2.05) is 28.8 Å². The first-order chi connectivity index (χ1) is 12.6. The molecule has 0 saturated heterocycles. The van der Waals surface area contributed by atoms with E-state index >= 15 is 0 Å². The summed E-state index contributed by atoms with van der Waals surface area (Å²) < 4.78 is 7.81. The van der Waals surface area contributed by atoms with Crippen LogP contribution in [0.1, 0.15) is 18.3 Å². The Kier molecular flexibility index (Phi) is 6.70. The van der Waals surface area contributed by atoms with Crippen LogP contribution in [0, 0.1) is 0 Å². The van der Waals surface area contributed by atoms with Gasteiger partial charge in [-0.3, -0.25) is 0 Å². The highest BCUT2D eigenvalue weighted by Gasteiger charge is 2.12. The van der Waals surface area contributed by atoms with E-state index in [0.717, 1.165) is 34.6 Å². The molecule has 0 N–H and O–H groups in total. The Labute approximate surface area is 171 Å². The quantitative estimate of drug-likeness (QED) is 0.424. The van der Waals surface area contributed by atoms with Gasteiger partial charge in [0, 0.05) is 17.3 Å². The third-order valence-corrected chi connectivity index (χ3v) is 5.67. The van der Waals surface area contributed by atoms with Crippen molar-refractivity contribution in [3.63, 3.8) is 0 Å². The Bertz CT molecular complexity index is 884. The minimum Gasteiger partial charge on any atom is -0.486 e. The van der Waals surface area contributed by atoms with Crippen LogP contribution in [0.15, 0.2) is 47.6 Å². The molecule has 26 heavy (non-hydrogen) atoms. The summed E-state index contributed by atoms with van der Waals surface area (Å²) in [7, 11) is 0. The lowest BCUT2D eigenvalue weighted by atomic mass is 10.2. The summed E-state index contributed by atoms with van der Waals surface area (Å²) in [6, 6.07) is 12.9. The van der Waals surface area contributed by atoms with E-state index in [4.69, 9.17) is 39.5 Å². The Hall–Kier alpha value is -1.40. The van der Waals surface area contributed by atoms with Gasteiger partial charge < -0.3 is 9.30 Å². The summed E-state index contributed by atoms with van der Waals surface area (Å²) in [4.78, 5) is 0. The molecule has 0 saturated carbocycles. The maximum atomic E-state index is 6.07. The average Bonchev–Trinajstić information content (AvgIpc) is 3.04. The lowest BCUT2D eigenvalue weighted by Crippen LogP contribution is -2.07. The van der Waals surface area contributed by atoms with E-state index in [9.17, 15) is 0 Å². The Balaban J connectivity index is 1.65. The van der Waals surface area contributed by atoms with Crippen LogP contribution in [0.3, 0.4) is 0 Å². The van der Waals surface area contributed by atoms with Crippen molar-refractivity contribution in [3.8, 4) is 5.75 Å². The molecule has 0 aliphatic rings. The fraction of sp³-hybridized carbons (Fsp3) is 0.222. The molecule has 0 aliphatic carbocycles. The minimum absolute atomic E-state index is 0.343. The SMILES string of the molecule is CCn1c(COc2ccc(Cl)cc2)nnc1SCc1ccc(Cl)c(Cl)c1. The number of hydrogen-bond donors (Lipinski definition) is 0. The van der Waals surface area contributed by atoms with E-state index in [-0.39, 0.29) is 0 Å². The van der Waals surface area contributed by atoms with Crippen molar-refractivity contribution in [3.05, 3.63) is 68.9 Å². The average molecular weight is 429 g/mol. The Morgan fingerprint density at radius 3 is 2.46 bits per heavy atom. The first kappa shape index (κ1) is 19.4. The van der Waals surface area contributed by atoms with Crippen LogP contribution in [0.4, 0.5) is 0 Å². The number of aromatic nitrogens is 3. The Morgan fingerprint density at radius 1 is 1.00 bits per heavy atom. The van der Waals surface area contributed by atoms with Crippen LogP contribution >= 0.6 is 46.6 Å². The maximum Gasteiger partial charge on any atom is 0.191 e. The molecule has 0 aliphatic heterocycles. The highest BCUT2D eigenvalue weighted by molar-refractivity contribution is 7.98. The Morgan fingerprint density at radius 2 is 1.77 bits per heavy atom. The van der Waals surface area contributed by atoms with E-state index in [2.05, 4.69) is 17.1 Å². The number of halogens is 3.